The smallest absolute Gasteiger partial charge is 0.373 e. The SMILES string of the molecule is COC(=O)c1ccc(CN2C(=O)N/C(=C\c3cc(Cl)cc(OC)c3OCc3cccc(C)c3)C2=O)o1. The molecular weight excluding hydrogens is 488 g/mol. The first-order valence-electron chi connectivity index (χ1n) is 10.9. The summed E-state index contributed by atoms with van der Waals surface area (Å²) >= 11 is 6.27. The van der Waals surface area contributed by atoms with Crippen molar-refractivity contribution < 1.29 is 33.0 Å². The molecule has 186 valence electrons. The lowest BCUT2D eigenvalue weighted by atomic mass is 10.1. The van der Waals surface area contributed by atoms with Crippen LogP contribution in [0.2, 0.25) is 5.02 Å². The number of furan rings is 1. The van der Waals surface area contributed by atoms with Gasteiger partial charge in [0.1, 0.15) is 18.1 Å². The Labute approximate surface area is 212 Å². The number of imide groups is 1. The van der Waals surface area contributed by atoms with Crippen molar-refractivity contribution in [2.24, 2.45) is 0 Å². The quantitative estimate of drug-likeness (QED) is 0.265. The number of hydrogen-bond acceptors (Lipinski definition) is 7. The summed E-state index contributed by atoms with van der Waals surface area (Å²) in [5.74, 6) is -0.290. The third-order valence-electron chi connectivity index (χ3n) is 5.36. The fourth-order valence-electron chi connectivity index (χ4n) is 3.66. The number of methoxy groups -OCH3 is 2. The molecule has 1 aliphatic rings. The van der Waals surface area contributed by atoms with E-state index in [1.807, 2.05) is 31.2 Å². The molecule has 2 aromatic carbocycles. The lowest BCUT2D eigenvalue weighted by Crippen LogP contribution is -2.30. The van der Waals surface area contributed by atoms with E-state index in [0.29, 0.717) is 22.1 Å². The topological polar surface area (TPSA) is 107 Å². The monoisotopic (exact) mass is 510 g/mol. The molecule has 0 aliphatic carbocycles. The minimum absolute atomic E-state index is 0.0180. The van der Waals surface area contributed by atoms with Crippen molar-refractivity contribution in [2.75, 3.05) is 14.2 Å². The molecule has 3 amide bonds. The van der Waals surface area contributed by atoms with Gasteiger partial charge in [0.2, 0.25) is 5.76 Å². The Kier molecular flexibility index (Phi) is 7.30. The Hall–Kier alpha value is -4.24. The Bertz CT molecular complexity index is 1360. The number of halogens is 1. The number of carbonyl (C=O) groups is 3. The third-order valence-corrected chi connectivity index (χ3v) is 5.58. The fraction of sp³-hybridized carbons (Fsp3) is 0.192. The molecule has 0 atom stereocenters. The van der Waals surface area contributed by atoms with Crippen LogP contribution in [0.3, 0.4) is 0 Å². The minimum Gasteiger partial charge on any atom is -0.493 e. The summed E-state index contributed by atoms with van der Waals surface area (Å²) in [5.41, 5.74) is 2.51. The molecule has 4 rings (SSSR count). The van der Waals surface area contributed by atoms with Gasteiger partial charge in [0.25, 0.3) is 5.91 Å². The highest BCUT2D eigenvalue weighted by Crippen LogP contribution is 2.37. The van der Waals surface area contributed by atoms with Gasteiger partial charge >= 0.3 is 12.0 Å². The molecule has 0 radical (unpaired) electrons. The molecule has 0 bridgehead atoms. The van der Waals surface area contributed by atoms with Crippen LogP contribution in [0.4, 0.5) is 4.79 Å². The lowest BCUT2D eigenvalue weighted by molar-refractivity contribution is -0.123. The molecule has 0 spiro atoms. The Balaban J connectivity index is 1.59. The predicted molar refractivity (Wildman–Crippen MR) is 131 cm³/mol. The number of nitrogens with one attached hydrogen (secondary N) is 1. The van der Waals surface area contributed by atoms with E-state index in [2.05, 4.69) is 10.1 Å². The van der Waals surface area contributed by atoms with Crippen molar-refractivity contribution >= 4 is 35.6 Å². The number of esters is 1. The zero-order chi connectivity index (χ0) is 25.8. The Morgan fingerprint density at radius 3 is 2.67 bits per heavy atom. The van der Waals surface area contributed by atoms with E-state index in [1.54, 1.807) is 12.1 Å². The molecule has 0 saturated carbocycles. The number of hydrogen-bond donors (Lipinski definition) is 1. The summed E-state index contributed by atoms with van der Waals surface area (Å²) in [4.78, 5) is 38.1. The van der Waals surface area contributed by atoms with Gasteiger partial charge in [-0.3, -0.25) is 9.69 Å². The van der Waals surface area contributed by atoms with Crippen LogP contribution in [0.1, 0.15) is 33.0 Å². The molecular formula is C26H23ClN2O7. The predicted octanol–water partition coefficient (Wildman–Crippen LogP) is 4.71. The number of nitrogens with zero attached hydrogens (tertiary/aromatic N) is 1. The van der Waals surface area contributed by atoms with Gasteiger partial charge in [0.05, 0.1) is 20.8 Å². The van der Waals surface area contributed by atoms with Gasteiger partial charge < -0.3 is 23.9 Å². The standard InChI is InChI=1S/C26H23ClN2O7/c1-15-5-4-6-16(9-15)14-35-23-17(10-18(27)12-22(23)33-2)11-20-24(30)29(26(32)28-20)13-19-7-8-21(36-19)25(31)34-3/h4-12H,13-14H2,1-3H3,(H,28,32)/b20-11-. The van der Waals surface area contributed by atoms with E-state index in [4.69, 9.17) is 25.5 Å². The Morgan fingerprint density at radius 2 is 1.94 bits per heavy atom. The molecule has 3 aromatic rings. The summed E-state index contributed by atoms with van der Waals surface area (Å²) in [6, 6.07) is 13.3. The molecule has 1 N–H and O–H groups in total. The number of aryl methyl sites for hydroxylation is 1. The Morgan fingerprint density at radius 1 is 1.14 bits per heavy atom. The highest BCUT2D eigenvalue weighted by molar-refractivity contribution is 6.31. The van der Waals surface area contributed by atoms with Crippen molar-refractivity contribution in [3.05, 3.63) is 87.5 Å². The minimum atomic E-state index is -0.660. The van der Waals surface area contributed by atoms with Crippen LogP contribution in [0.25, 0.3) is 6.08 Å². The molecule has 36 heavy (non-hydrogen) atoms. The van der Waals surface area contributed by atoms with Crippen molar-refractivity contribution in [2.45, 2.75) is 20.1 Å². The fourth-order valence-corrected chi connectivity index (χ4v) is 3.88. The van der Waals surface area contributed by atoms with Crippen LogP contribution in [0.15, 0.2) is 58.6 Å². The lowest BCUT2D eigenvalue weighted by Gasteiger charge is -2.15. The van der Waals surface area contributed by atoms with Crippen LogP contribution in [0, 0.1) is 6.92 Å². The first-order valence-corrected chi connectivity index (χ1v) is 11.2. The van der Waals surface area contributed by atoms with E-state index >= 15 is 0 Å². The van der Waals surface area contributed by atoms with Gasteiger partial charge in [0.15, 0.2) is 11.5 Å². The number of ether oxygens (including phenoxy) is 3. The maximum Gasteiger partial charge on any atom is 0.373 e. The largest absolute Gasteiger partial charge is 0.493 e. The molecule has 9 nitrogen and oxygen atoms in total. The van der Waals surface area contributed by atoms with E-state index in [-0.39, 0.29) is 30.4 Å². The number of urea groups is 1. The van der Waals surface area contributed by atoms with Crippen LogP contribution in [-0.2, 0) is 22.7 Å². The highest BCUT2D eigenvalue weighted by atomic mass is 35.5. The van der Waals surface area contributed by atoms with Gasteiger partial charge in [0, 0.05) is 16.7 Å². The second kappa shape index (κ2) is 10.6. The van der Waals surface area contributed by atoms with Gasteiger partial charge in [-0.1, -0.05) is 41.4 Å². The van der Waals surface area contributed by atoms with Crippen LogP contribution in [0.5, 0.6) is 11.5 Å². The van der Waals surface area contributed by atoms with E-state index in [1.165, 1.54) is 32.4 Å². The zero-order valence-corrected chi connectivity index (χ0v) is 20.5. The molecule has 1 fully saturated rings. The second-order valence-electron chi connectivity index (χ2n) is 7.94. The van der Waals surface area contributed by atoms with E-state index < -0.39 is 17.9 Å². The summed E-state index contributed by atoms with van der Waals surface area (Å²) in [6.07, 6.45) is 1.47. The number of carbonyl (C=O) groups excluding carboxylic acids is 3. The second-order valence-corrected chi connectivity index (χ2v) is 8.38. The summed E-state index contributed by atoms with van der Waals surface area (Å²) in [5, 5.41) is 2.92. The number of amides is 3. The molecule has 0 unspecified atom stereocenters. The van der Waals surface area contributed by atoms with Crippen LogP contribution < -0.4 is 14.8 Å². The van der Waals surface area contributed by atoms with E-state index in [0.717, 1.165) is 16.0 Å². The molecule has 10 heteroatoms. The zero-order valence-electron chi connectivity index (χ0n) is 19.8. The normalized spacial score (nSPS) is 14.2. The van der Waals surface area contributed by atoms with Crippen LogP contribution >= 0.6 is 11.6 Å². The third kappa shape index (κ3) is 5.36. The molecule has 1 saturated heterocycles. The van der Waals surface area contributed by atoms with Gasteiger partial charge in [-0.25, -0.2) is 9.59 Å². The van der Waals surface area contributed by atoms with Crippen LogP contribution in [-0.4, -0.2) is 37.0 Å². The van der Waals surface area contributed by atoms with Crippen molar-refractivity contribution in [3.63, 3.8) is 0 Å². The van der Waals surface area contributed by atoms with Gasteiger partial charge in [-0.05, 0) is 36.8 Å². The molecule has 1 aromatic heterocycles. The molecule has 1 aliphatic heterocycles. The first kappa shape index (κ1) is 24.9. The van der Waals surface area contributed by atoms with Gasteiger partial charge in [-0.15, -0.1) is 0 Å². The number of benzene rings is 2. The van der Waals surface area contributed by atoms with Crippen molar-refractivity contribution in [3.8, 4) is 11.5 Å². The summed E-state index contributed by atoms with van der Waals surface area (Å²) < 4.78 is 21.5. The average molecular weight is 511 g/mol. The van der Waals surface area contributed by atoms with Crippen molar-refractivity contribution in [1.82, 2.24) is 10.2 Å². The summed E-state index contributed by atoms with van der Waals surface area (Å²) in [7, 11) is 2.71. The first-order chi connectivity index (χ1) is 17.3. The summed E-state index contributed by atoms with van der Waals surface area (Å²) in [6.45, 7) is 2.07. The maximum atomic E-state index is 13.0. The molecule has 2 heterocycles. The van der Waals surface area contributed by atoms with Crippen molar-refractivity contribution in [1.29, 1.82) is 0 Å². The maximum absolute atomic E-state index is 13.0. The van der Waals surface area contributed by atoms with E-state index in [9.17, 15) is 14.4 Å². The average Bonchev–Trinajstić information content (AvgIpc) is 3.43. The highest BCUT2D eigenvalue weighted by Gasteiger charge is 2.34. The van der Waals surface area contributed by atoms with Gasteiger partial charge in [-0.2, -0.15) is 0 Å². The number of rotatable bonds is 8.